The van der Waals surface area contributed by atoms with E-state index in [1.807, 2.05) is 24.3 Å². The van der Waals surface area contributed by atoms with E-state index in [1.165, 1.54) is 0 Å². The van der Waals surface area contributed by atoms with Crippen LogP contribution in [0.25, 0.3) is 0 Å². The summed E-state index contributed by atoms with van der Waals surface area (Å²) in [5.41, 5.74) is 2.16. The highest BCUT2D eigenvalue weighted by atomic mass is 35.5. The van der Waals surface area contributed by atoms with E-state index in [9.17, 15) is 0 Å². The highest BCUT2D eigenvalue weighted by molar-refractivity contribution is 6.42. The van der Waals surface area contributed by atoms with Crippen molar-refractivity contribution < 1.29 is 9.47 Å². The third kappa shape index (κ3) is 6.95. The number of methoxy groups -OCH3 is 1. The second-order valence-corrected chi connectivity index (χ2v) is 7.44. The van der Waals surface area contributed by atoms with E-state index >= 15 is 0 Å². The Bertz CT molecular complexity index is 700. The summed E-state index contributed by atoms with van der Waals surface area (Å²) in [7, 11) is 1.64. The lowest BCUT2D eigenvalue weighted by Crippen LogP contribution is -2.35. The maximum Gasteiger partial charge on any atom is 0.161 e. The summed E-state index contributed by atoms with van der Waals surface area (Å²) in [4.78, 5) is 0. The summed E-state index contributed by atoms with van der Waals surface area (Å²) >= 11 is 12.0. The molecule has 0 amide bonds. The van der Waals surface area contributed by atoms with Gasteiger partial charge in [0.2, 0.25) is 0 Å². The molecule has 0 aliphatic rings. The van der Waals surface area contributed by atoms with Crippen molar-refractivity contribution in [2.45, 2.75) is 39.5 Å². The first-order chi connectivity index (χ1) is 11.3. The SMILES string of the molecule is COc1cc(CNC(C)(C)C)ccc1OCc1ccc(Cl)c(Cl)c1.Cl. The van der Waals surface area contributed by atoms with E-state index in [4.69, 9.17) is 32.7 Å². The van der Waals surface area contributed by atoms with E-state index in [2.05, 4.69) is 26.1 Å². The molecule has 1 N–H and O–H groups in total. The van der Waals surface area contributed by atoms with E-state index in [0.717, 1.165) is 17.7 Å². The number of hydrogen-bond acceptors (Lipinski definition) is 3. The minimum Gasteiger partial charge on any atom is -0.493 e. The van der Waals surface area contributed by atoms with Gasteiger partial charge in [-0.05, 0) is 56.2 Å². The standard InChI is InChI=1S/C19H23Cl2NO2.ClH/c1-19(2,3)22-11-13-6-8-17(18(10-13)23-4)24-12-14-5-7-15(20)16(21)9-14;/h5-10,22H,11-12H2,1-4H3;1H. The van der Waals surface area contributed by atoms with Gasteiger partial charge in [-0.1, -0.05) is 35.3 Å². The Morgan fingerprint density at radius 3 is 2.20 bits per heavy atom. The molecule has 0 bridgehead atoms. The Labute approximate surface area is 166 Å². The summed E-state index contributed by atoms with van der Waals surface area (Å²) in [5, 5.41) is 4.51. The molecule has 3 nitrogen and oxygen atoms in total. The van der Waals surface area contributed by atoms with Crippen LogP contribution in [0.15, 0.2) is 36.4 Å². The molecule has 0 spiro atoms. The van der Waals surface area contributed by atoms with Crippen LogP contribution in [0.1, 0.15) is 31.9 Å². The van der Waals surface area contributed by atoms with Crippen molar-refractivity contribution in [1.82, 2.24) is 5.32 Å². The Morgan fingerprint density at radius 1 is 0.920 bits per heavy atom. The Morgan fingerprint density at radius 2 is 1.60 bits per heavy atom. The molecule has 0 unspecified atom stereocenters. The number of ether oxygens (including phenoxy) is 2. The smallest absolute Gasteiger partial charge is 0.161 e. The van der Waals surface area contributed by atoms with Crippen LogP contribution in [0, 0.1) is 0 Å². The molecule has 25 heavy (non-hydrogen) atoms. The van der Waals surface area contributed by atoms with Crippen LogP contribution in [0.5, 0.6) is 11.5 Å². The molecular formula is C19H24Cl3NO2. The fourth-order valence-corrected chi connectivity index (χ4v) is 2.42. The molecule has 6 heteroatoms. The number of benzene rings is 2. The summed E-state index contributed by atoms with van der Waals surface area (Å²) in [6.45, 7) is 7.58. The Kier molecular flexibility index (Phi) is 8.36. The minimum absolute atomic E-state index is 0. The van der Waals surface area contributed by atoms with Crippen LogP contribution in [-0.2, 0) is 13.2 Å². The summed E-state index contributed by atoms with van der Waals surface area (Å²) in [6.07, 6.45) is 0. The van der Waals surface area contributed by atoms with Crippen molar-refractivity contribution in [3.63, 3.8) is 0 Å². The number of halogens is 3. The largest absolute Gasteiger partial charge is 0.493 e. The summed E-state index contributed by atoms with van der Waals surface area (Å²) in [6, 6.07) is 11.4. The van der Waals surface area contributed by atoms with E-state index in [0.29, 0.717) is 28.2 Å². The Hall–Kier alpha value is -1.13. The average Bonchev–Trinajstić information content (AvgIpc) is 2.53. The molecular weight excluding hydrogens is 381 g/mol. The first kappa shape index (κ1) is 21.9. The average molecular weight is 405 g/mol. The van der Waals surface area contributed by atoms with Crippen LogP contribution < -0.4 is 14.8 Å². The molecule has 0 atom stereocenters. The second kappa shape index (κ2) is 9.54. The van der Waals surface area contributed by atoms with Gasteiger partial charge in [-0.3, -0.25) is 0 Å². The van der Waals surface area contributed by atoms with E-state index in [1.54, 1.807) is 19.2 Å². The molecule has 0 aliphatic carbocycles. The second-order valence-electron chi connectivity index (χ2n) is 6.63. The van der Waals surface area contributed by atoms with Crippen LogP contribution in [0.3, 0.4) is 0 Å². The van der Waals surface area contributed by atoms with E-state index in [-0.39, 0.29) is 17.9 Å². The van der Waals surface area contributed by atoms with Gasteiger partial charge < -0.3 is 14.8 Å². The van der Waals surface area contributed by atoms with Crippen molar-refractivity contribution in [3.8, 4) is 11.5 Å². The fourth-order valence-electron chi connectivity index (χ4n) is 2.10. The number of nitrogens with one attached hydrogen (secondary N) is 1. The van der Waals surface area contributed by atoms with Crippen molar-refractivity contribution in [1.29, 1.82) is 0 Å². The number of rotatable bonds is 6. The van der Waals surface area contributed by atoms with Gasteiger partial charge >= 0.3 is 0 Å². The van der Waals surface area contributed by atoms with Crippen LogP contribution >= 0.6 is 35.6 Å². The van der Waals surface area contributed by atoms with Crippen molar-refractivity contribution in [3.05, 3.63) is 57.6 Å². The maximum absolute atomic E-state index is 6.03. The van der Waals surface area contributed by atoms with Gasteiger partial charge in [0.05, 0.1) is 17.2 Å². The fraction of sp³-hybridized carbons (Fsp3) is 0.368. The molecule has 0 fully saturated rings. The van der Waals surface area contributed by atoms with Gasteiger partial charge in [0.1, 0.15) is 6.61 Å². The first-order valence-electron chi connectivity index (χ1n) is 7.77. The van der Waals surface area contributed by atoms with Gasteiger partial charge in [0, 0.05) is 12.1 Å². The minimum atomic E-state index is 0. The first-order valence-corrected chi connectivity index (χ1v) is 8.53. The molecule has 2 aromatic rings. The van der Waals surface area contributed by atoms with Crippen molar-refractivity contribution >= 4 is 35.6 Å². The van der Waals surface area contributed by atoms with Gasteiger partial charge in [-0.15, -0.1) is 12.4 Å². The molecule has 138 valence electrons. The molecule has 2 aromatic carbocycles. The van der Waals surface area contributed by atoms with Gasteiger partial charge in [0.25, 0.3) is 0 Å². The molecule has 2 rings (SSSR count). The van der Waals surface area contributed by atoms with Crippen LogP contribution in [-0.4, -0.2) is 12.6 Å². The zero-order valence-corrected chi connectivity index (χ0v) is 17.2. The van der Waals surface area contributed by atoms with Gasteiger partial charge in [-0.2, -0.15) is 0 Å². The van der Waals surface area contributed by atoms with Crippen molar-refractivity contribution in [2.24, 2.45) is 0 Å². The van der Waals surface area contributed by atoms with Crippen molar-refractivity contribution in [2.75, 3.05) is 7.11 Å². The zero-order chi connectivity index (χ0) is 17.7. The lowest BCUT2D eigenvalue weighted by atomic mass is 10.1. The molecule has 0 saturated heterocycles. The van der Waals surface area contributed by atoms with Crippen LogP contribution in [0.4, 0.5) is 0 Å². The molecule has 0 heterocycles. The predicted molar refractivity (Wildman–Crippen MR) is 108 cm³/mol. The lowest BCUT2D eigenvalue weighted by molar-refractivity contribution is 0.284. The number of hydrogen-bond donors (Lipinski definition) is 1. The normalized spacial score (nSPS) is 11.0. The molecule has 0 radical (unpaired) electrons. The third-order valence-corrected chi connectivity index (χ3v) is 4.17. The molecule has 0 aliphatic heterocycles. The molecule has 0 saturated carbocycles. The summed E-state index contributed by atoms with van der Waals surface area (Å²) < 4.78 is 11.3. The highest BCUT2D eigenvalue weighted by Gasteiger charge is 2.11. The Balaban J connectivity index is 0.00000312. The lowest BCUT2D eigenvalue weighted by Gasteiger charge is -2.21. The van der Waals surface area contributed by atoms with Gasteiger partial charge in [-0.25, -0.2) is 0 Å². The third-order valence-electron chi connectivity index (χ3n) is 3.43. The zero-order valence-electron chi connectivity index (χ0n) is 14.9. The molecule has 0 aromatic heterocycles. The topological polar surface area (TPSA) is 30.5 Å². The van der Waals surface area contributed by atoms with Gasteiger partial charge in [0.15, 0.2) is 11.5 Å². The van der Waals surface area contributed by atoms with E-state index < -0.39 is 0 Å². The maximum atomic E-state index is 6.03. The predicted octanol–water partition coefficient (Wildman–Crippen LogP) is 5.89. The summed E-state index contributed by atoms with van der Waals surface area (Å²) in [5.74, 6) is 1.41. The van der Waals surface area contributed by atoms with Crippen LogP contribution in [0.2, 0.25) is 10.0 Å². The monoisotopic (exact) mass is 403 g/mol. The quantitative estimate of drug-likeness (QED) is 0.651. The highest BCUT2D eigenvalue weighted by Crippen LogP contribution is 2.30.